The molecule has 1 heterocycles. The first-order chi connectivity index (χ1) is 12.2. The van der Waals surface area contributed by atoms with Crippen LogP contribution < -0.4 is 5.32 Å². The number of amides is 1. The van der Waals surface area contributed by atoms with Crippen LogP contribution in [0.25, 0.3) is 11.4 Å². The Morgan fingerprint density at radius 2 is 1.84 bits per heavy atom. The van der Waals surface area contributed by atoms with Gasteiger partial charge in [0.05, 0.1) is 6.04 Å². The molecule has 1 amide bonds. The molecule has 3 rings (SSSR count). The fourth-order valence-electron chi connectivity index (χ4n) is 2.56. The van der Waals surface area contributed by atoms with Crippen LogP contribution in [0.3, 0.4) is 0 Å². The molecule has 3 aromatic rings. The Hall–Kier alpha value is -3.02. The summed E-state index contributed by atoms with van der Waals surface area (Å²) in [5.74, 6) is 0.369. The van der Waals surface area contributed by atoms with E-state index in [1.54, 1.807) is 0 Å². The molecule has 1 aromatic heterocycles. The molecule has 0 saturated heterocycles. The molecule has 0 unspecified atom stereocenters. The summed E-state index contributed by atoms with van der Waals surface area (Å²) in [5.41, 5.74) is 3.20. The summed E-state index contributed by atoms with van der Waals surface area (Å²) >= 11 is 0. The first-order valence-electron chi connectivity index (χ1n) is 8.37. The number of hydrogen-bond donors (Lipinski definition) is 1. The summed E-state index contributed by atoms with van der Waals surface area (Å²) in [5, 5.41) is 15.2. The lowest BCUT2D eigenvalue weighted by Crippen LogP contribution is -2.30. The predicted octanol–water partition coefficient (Wildman–Crippen LogP) is 2.78. The predicted molar refractivity (Wildman–Crippen MR) is 95.6 cm³/mol. The third-order valence-corrected chi connectivity index (χ3v) is 4.04. The van der Waals surface area contributed by atoms with E-state index >= 15 is 0 Å². The van der Waals surface area contributed by atoms with E-state index in [-0.39, 0.29) is 18.5 Å². The van der Waals surface area contributed by atoms with Gasteiger partial charge in [-0.15, -0.1) is 10.2 Å². The smallest absolute Gasteiger partial charge is 0.244 e. The first kappa shape index (κ1) is 16.8. The molecule has 0 aliphatic carbocycles. The van der Waals surface area contributed by atoms with Crippen molar-refractivity contribution in [1.82, 2.24) is 25.5 Å². The zero-order valence-corrected chi connectivity index (χ0v) is 14.4. The average Bonchev–Trinajstić information content (AvgIpc) is 3.10. The van der Waals surface area contributed by atoms with Crippen LogP contribution in [-0.4, -0.2) is 26.1 Å². The number of carbonyl (C=O) groups excluding carboxylic acids is 1. The van der Waals surface area contributed by atoms with Crippen LogP contribution in [0, 0.1) is 0 Å². The third-order valence-electron chi connectivity index (χ3n) is 4.04. The Morgan fingerprint density at radius 3 is 2.52 bits per heavy atom. The Balaban J connectivity index is 1.61. The molecule has 6 heteroatoms. The monoisotopic (exact) mass is 335 g/mol. The maximum Gasteiger partial charge on any atom is 0.244 e. The number of nitrogens with one attached hydrogen (secondary N) is 1. The van der Waals surface area contributed by atoms with Crippen molar-refractivity contribution in [3.05, 3.63) is 65.7 Å². The molecule has 1 N–H and O–H groups in total. The van der Waals surface area contributed by atoms with E-state index in [0.29, 0.717) is 5.82 Å². The molecule has 128 valence electrons. The quantitative estimate of drug-likeness (QED) is 0.752. The van der Waals surface area contributed by atoms with Crippen molar-refractivity contribution >= 4 is 5.91 Å². The fraction of sp³-hybridized carbons (Fsp3) is 0.263. The summed E-state index contributed by atoms with van der Waals surface area (Å²) in [6.07, 6.45) is 0.986. The Morgan fingerprint density at radius 1 is 1.12 bits per heavy atom. The van der Waals surface area contributed by atoms with Gasteiger partial charge in [-0.1, -0.05) is 61.5 Å². The van der Waals surface area contributed by atoms with Crippen LogP contribution in [0.1, 0.15) is 31.0 Å². The molecule has 0 saturated carbocycles. The number of nitrogens with zero attached hydrogens (tertiary/aromatic N) is 4. The Bertz CT molecular complexity index is 827. The number of rotatable bonds is 6. The van der Waals surface area contributed by atoms with Crippen molar-refractivity contribution in [3.63, 3.8) is 0 Å². The molecule has 0 radical (unpaired) electrons. The molecule has 6 nitrogen and oxygen atoms in total. The minimum atomic E-state index is -0.151. The average molecular weight is 335 g/mol. The van der Waals surface area contributed by atoms with Crippen LogP contribution in [0.5, 0.6) is 0 Å². The van der Waals surface area contributed by atoms with Gasteiger partial charge in [0.25, 0.3) is 0 Å². The van der Waals surface area contributed by atoms with Gasteiger partial charge in [0.15, 0.2) is 0 Å². The number of carbonyl (C=O) groups is 1. The van der Waals surface area contributed by atoms with Crippen LogP contribution in [-0.2, 0) is 17.8 Å². The summed E-state index contributed by atoms with van der Waals surface area (Å²) in [6, 6.07) is 17.8. The molecule has 0 fully saturated rings. The van der Waals surface area contributed by atoms with E-state index in [1.807, 2.05) is 61.5 Å². The van der Waals surface area contributed by atoms with E-state index in [0.717, 1.165) is 17.5 Å². The summed E-state index contributed by atoms with van der Waals surface area (Å²) in [4.78, 5) is 13.5. The molecule has 1 atom stereocenters. The second-order valence-corrected chi connectivity index (χ2v) is 5.89. The minimum absolute atomic E-state index is 0.0389. The fourth-order valence-corrected chi connectivity index (χ4v) is 2.56. The highest BCUT2D eigenvalue weighted by atomic mass is 16.2. The highest BCUT2D eigenvalue weighted by Crippen LogP contribution is 2.15. The van der Waals surface area contributed by atoms with Gasteiger partial charge < -0.3 is 5.32 Å². The van der Waals surface area contributed by atoms with E-state index in [4.69, 9.17) is 0 Å². The van der Waals surface area contributed by atoms with Gasteiger partial charge in [-0.3, -0.25) is 4.79 Å². The van der Waals surface area contributed by atoms with Gasteiger partial charge in [-0.25, -0.2) is 0 Å². The zero-order valence-electron chi connectivity index (χ0n) is 14.4. The SMILES string of the molecule is CCc1ccc(-c2nnn(CC(=O)N[C@@H](C)c3ccccc3)n2)cc1. The molecule has 0 aliphatic heterocycles. The molecule has 2 aromatic carbocycles. The second kappa shape index (κ2) is 7.70. The van der Waals surface area contributed by atoms with E-state index < -0.39 is 0 Å². The number of hydrogen-bond acceptors (Lipinski definition) is 4. The maximum atomic E-state index is 12.2. The summed E-state index contributed by atoms with van der Waals surface area (Å²) < 4.78 is 0. The van der Waals surface area contributed by atoms with Gasteiger partial charge >= 0.3 is 0 Å². The Labute approximate surface area is 146 Å². The van der Waals surface area contributed by atoms with E-state index in [9.17, 15) is 4.79 Å². The number of aromatic nitrogens is 4. The van der Waals surface area contributed by atoms with Crippen molar-refractivity contribution < 1.29 is 4.79 Å². The molecular formula is C19H21N5O. The van der Waals surface area contributed by atoms with Gasteiger partial charge in [0, 0.05) is 5.56 Å². The molecule has 25 heavy (non-hydrogen) atoms. The molecule has 0 bridgehead atoms. The number of benzene rings is 2. The van der Waals surface area contributed by atoms with Crippen molar-refractivity contribution in [2.45, 2.75) is 32.9 Å². The third kappa shape index (κ3) is 4.29. The lowest BCUT2D eigenvalue weighted by molar-refractivity contribution is -0.122. The van der Waals surface area contributed by atoms with Crippen molar-refractivity contribution in [2.24, 2.45) is 0 Å². The van der Waals surface area contributed by atoms with Crippen molar-refractivity contribution in [3.8, 4) is 11.4 Å². The maximum absolute atomic E-state index is 12.2. The molecular weight excluding hydrogens is 314 g/mol. The van der Waals surface area contributed by atoms with Gasteiger partial charge in [0.1, 0.15) is 6.54 Å². The largest absolute Gasteiger partial charge is 0.348 e. The van der Waals surface area contributed by atoms with Crippen LogP contribution in [0.15, 0.2) is 54.6 Å². The topological polar surface area (TPSA) is 72.7 Å². The second-order valence-electron chi connectivity index (χ2n) is 5.89. The van der Waals surface area contributed by atoms with Gasteiger partial charge in [0.2, 0.25) is 11.7 Å². The Kier molecular flexibility index (Phi) is 5.18. The molecule has 0 aliphatic rings. The van der Waals surface area contributed by atoms with Gasteiger partial charge in [-0.05, 0) is 29.7 Å². The summed E-state index contributed by atoms with van der Waals surface area (Å²) in [6.45, 7) is 4.10. The van der Waals surface area contributed by atoms with E-state index in [2.05, 4.69) is 27.7 Å². The minimum Gasteiger partial charge on any atom is -0.348 e. The highest BCUT2D eigenvalue weighted by molar-refractivity contribution is 5.76. The number of tetrazole rings is 1. The lowest BCUT2D eigenvalue weighted by atomic mass is 10.1. The highest BCUT2D eigenvalue weighted by Gasteiger charge is 2.12. The normalized spacial score (nSPS) is 11.9. The van der Waals surface area contributed by atoms with E-state index in [1.165, 1.54) is 10.4 Å². The first-order valence-corrected chi connectivity index (χ1v) is 8.37. The lowest BCUT2D eigenvalue weighted by Gasteiger charge is -2.13. The van der Waals surface area contributed by atoms with Crippen LogP contribution >= 0.6 is 0 Å². The zero-order chi connectivity index (χ0) is 17.6. The summed E-state index contributed by atoms with van der Waals surface area (Å²) in [7, 11) is 0. The van der Waals surface area contributed by atoms with Gasteiger partial charge in [-0.2, -0.15) is 4.80 Å². The van der Waals surface area contributed by atoms with Crippen molar-refractivity contribution in [1.29, 1.82) is 0 Å². The van der Waals surface area contributed by atoms with Crippen LogP contribution in [0.4, 0.5) is 0 Å². The number of aryl methyl sites for hydroxylation is 1. The van der Waals surface area contributed by atoms with Crippen LogP contribution in [0.2, 0.25) is 0 Å². The standard InChI is InChI=1S/C19H21N5O/c1-3-15-9-11-17(12-10-15)19-21-23-24(22-19)13-18(25)20-14(2)16-7-5-4-6-8-16/h4-12,14H,3,13H2,1-2H3,(H,20,25)/t14-/m0/s1. The molecule has 0 spiro atoms. The van der Waals surface area contributed by atoms with Crippen molar-refractivity contribution in [2.75, 3.05) is 0 Å².